The summed E-state index contributed by atoms with van der Waals surface area (Å²) in [4.78, 5) is 4.99. The Bertz CT molecular complexity index is 867. The lowest BCUT2D eigenvalue weighted by Crippen LogP contribution is -2.39. The number of rotatable bonds is 7. The number of halogens is 1. The summed E-state index contributed by atoms with van der Waals surface area (Å²) in [6.45, 7) is 7.26. The molecule has 7 heteroatoms. The van der Waals surface area contributed by atoms with E-state index in [-0.39, 0.29) is 29.4 Å². The molecule has 0 unspecified atom stereocenters. The lowest BCUT2D eigenvalue weighted by molar-refractivity contribution is 0.0529. The minimum atomic E-state index is -0.0104. The van der Waals surface area contributed by atoms with Crippen LogP contribution >= 0.6 is 24.0 Å². The van der Waals surface area contributed by atoms with E-state index in [0.29, 0.717) is 18.0 Å². The van der Waals surface area contributed by atoms with Gasteiger partial charge in [-0.1, -0.05) is 24.3 Å². The highest BCUT2D eigenvalue weighted by Crippen LogP contribution is 2.37. The molecule has 1 aliphatic rings. The zero-order valence-corrected chi connectivity index (χ0v) is 21.2. The van der Waals surface area contributed by atoms with Crippen LogP contribution in [0.25, 0.3) is 0 Å². The minimum absolute atomic E-state index is 0. The number of nitrogens with zero attached hydrogens (tertiary/aromatic N) is 1. The smallest absolute Gasteiger partial charge is 0.195 e. The molecular formula is C24H34IN3O3. The standard InChI is InChI=1S/C24H33N3O3.HI/c1-5-25-23(27-19-10-11-21(28-3)22(16-19)29-4)26-17-24(12-14-30-15-13-24)20-9-7-6-8-18(20)2;/h6-11,16H,5,12-15,17H2,1-4H3,(H2,25,26,27);1H. The second-order valence-corrected chi connectivity index (χ2v) is 7.60. The maximum Gasteiger partial charge on any atom is 0.195 e. The molecule has 0 aliphatic carbocycles. The van der Waals surface area contributed by atoms with Crippen molar-refractivity contribution in [1.82, 2.24) is 5.32 Å². The van der Waals surface area contributed by atoms with Crippen molar-refractivity contribution in [1.29, 1.82) is 0 Å². The van der Waals surface area contributed by atoms with Crippen LogP contribution in [0.15, 0.2) is 47.5 Å². The Labute approximate surface area is 202 Å². The molecule has 0 amide bonds. The van der Waals surface area contributed by atoms with Crippen LogP contribution in [0, 0.1) is 6.92 Å². The summed E-state index contributed by atoms with van der Waals surface area (Å²) in [5.74, 6) is 2.13. The first-order chi connectivity index (χ1) is 14.6. The van der Waals surface area contributed by atoms with E-state index in [2.05, 4.69) is 48.7 Å². The van der Waals surface area contributed by atoms with E-state index in [1.165, 1.54) is 11.1 Å². The molecule has 31 heavy (non-hydrogen) atoms. The summed E-state index contributed by atoms with van der Waals surface area (Å²) in [7, 11) is 3.27. The lowest BCUT2D eigenvalue weighted by atomic mass is 9.72. The number of aliphatic imine (C=N–C) groups is 1. The molecule has 1 saturated heterocycles. The Hall–Kier alpha value is -2.00. The number of anilines is 1. The molecule has 0 spiro atoms. The van der Waals surface area contributed by atoms with Gasteiger partial charge in [0.2, 0.25) is 0 Å². The van der Waals surface area contributed by atoms with Crippen molar-refractivity contribution >= 4 is 35.6 Å². The molecule has 0 aromatic heterocycles. The van der Waals surface area contributed by atoms with Crippen molar-refractivity contribution in [2.24, 2.45) is 4.99 Å². The van der Waals surface area contributed by atoms with Crippen LogP contribution in [0.3, 0.4) is 0 Å². The van der Waals surface area contributed by atoms with Gasteiger partial charge in [-0.15, -0.1) is 24.0 Å². The Kier molecular flexibility index (Phi) is 9.90. The number of aryl methyl sites for hydroxylation is 1. The summed E-state index contributed by atoms with van der Waals surface area (Å²) in [6, 6.07) is 14.4. The number of methoxy groups -OCH3 is 2. The van der Waals surface area contributed by atoms with E-state index in [9.17, 15) is 0 Å². The van der Waals surface area contributed by atoms with Crippen molar-refractivity contribution in [3.05, 3.63) is 53.6 Å². The van der Waals surface area contributed by atoms with Crippen molar-refractivity contribution in [3.63, 3.8) is 0 Å². The van der Waals surface area contributed by atoms with Gasteiger partial charge in [0.15, 0.2) is 17.5 Å². The first-order valence-corrected chi connectivity index (χ1v) is 10.5. The highest BCUT2D eigenvalue weighted by Gasteiger charge is 2.35. The molecule has 0 radical (unpaired) electrons. The maximum absolute atomic E-state index is 5.68. The predicted molar refractivity (Wildman–Crippen MR) is 137 cm³/mol. The molecular weight excluding hydrogens is 505 g/mol. The van der Waals surface area contributed by atoms with Gasteiger partial charge in [-0.2, -0.15) is 0 Å². The van der Waals surface area contributed by atoms with Gasteiger partial charge in [0, 0.05) is 36.9 Å². The summed E-state index contributed by atoms with van der Waals surface area (Å²) >= 11 is 0. The molecule has 1 fully saturated rings. The van der Waals surface area contributed by atoms with Gasteiger partial charge >= 0.3 is 0 Å². The molecule has 170 valence electrons. The van der Waals surface area contributed by atoms with Crippen LogP contribution in [-0.2, 0) is 10.2 Å². The Balaban J connectivity index is 0.00000341. The molecule has 0 saturated carbocycles. The zero-order valence-electron chi connectivity index (χ0n) is 18.9. The van der Waals surface area contributed by atoms with E-state index in [1.807, 2.05) is 18.2 Å². The molecule has 2 N–H and O–H groups in total. The highest BCUT2D eigenvalue weighted by atomic mass is 127. The van der Waals surface area contributed by atoms with Crippen LogP contribution in [0.2, 0.25) is 0 Å². The number of hydrogen-bond acceptors (Lipinski definition) is 4. The van der Waals surface area contributed by atoms with E-state index < -0.39 is 0 Å². The van der Waals surface area contributed by atoms with E-state index in [4.69, 9.17) is 19.2 Å². The van der Waals surface area contributed by atoms with Crippen LogP contribution in [0.1, 0.15) is 30.9 Å². The molecule has 6 nitrogen and oxygen atoms in total. The van der Waals surface area contributed by atoms with Crippen LogP contribution < -0.4 is 20.1 Å². The average molecular weight is 539 g/mol. The normalized spacial score (nSPS) is 15.5. The van der Waals surface area contributed by atoms with Gasteiger partial charge in [0.1, 0.15) is 0 Å². The SMILES string of the molecule is CCNC(=NCC1(c2ccccc2C)CCOCC1)Nc1ccc(OC)c(OC)c1.I. The first-order valence-electron chi connectivity index (χ1n) is 10.5. The quantitative estimate of drug-likeness (QED) is 0.302. The molecule has 3 rings (SSSR count). The summed E-state index contributed by atoms with van der Waals surface area (Å²) < 4.78 is 16.4. The molecule has 1 heterocycles. The third kappa shape index (κ3) is 6.26. The lowest BCUT2D eigenvalue weighted by Gasteiger charge is -2.37. The van der Waals surface area contributed by atoms with Gasteiger partial charge in [-0.05, 0) is 49.9 Å². The van der Waals surface area contributed by atoms with Crippen molar-refractivity contribution < 1.29 is 14.2 Å². The number of guanidine groups is 1. The molecule has 1 aliphatic heterocycles. The van der Waals surface area contributed by atoms with Crippen LogP contribution in [-0.4, -0.2) is 46.5 Å². The third-order valence-corrected chi connectivity index (χ3v) is 5.70. The molecule has 2 aromatic rings. The molecule has 0 bridgehead atoms. The molecule has 2 aromatic carbocycles. The summed E-state index contributed by atoms with van der Waals surface area (Å²) in [5.41, 5.74) is 3.57. The minimum Gasteiger partial charge on any atom is -0.493 e. The third-order valence-electron chi connectivity index (χ3n) is 5.70. The van der Waals surface area contributed by atoms with E-state index in [0.717, 1.165) is 44.2 Å². The Morgan fingerprint density at radius 1 is 1.06 bits per heavy atom. The Morgan fingerprint density at radius 3 is 2.42 bits per heavy atom. The summed E-state index contributed by atoms with van der Waals surface area (Å²) in [5, 5.41) is 6.76. The van der Waals surface area contributed by atoms with Gasteiger partial charge in [-0.3, -0.25) is 4.99 Å². The number of hydrogen-bond donors (Lipinski definition) is 2. The topological polar surface area (TPSA) is 64.1 Å². The number of benzene rings is 2. The van der Waals surface area contributed by atoms with Crippen LogP contribution in [0.5, 0.6) is 11.5 Å². The molecule has 0 atom stereocenters. The van der Waals surface area contributed by atoms with E-state index in [1.54, 1.807) is 14.2 Å². The first kappa shape index (κ1) is 25.3. The van der Waals surface area contributed by atoms with Crippen molar-refractivity contribution in [2.75, 3.05) is 45.8 Å². The predicted octanol–water partition coefficient (Wildman–Crippen LogP) is 4.76. The maximum atomic E-state index is 5.68. The fourth-order valence-corrected chi connectivity index (χ4v) is 4.03. The number of nitrogens with one attached hydrogen (secondary N) is 2. The Morgan fingerprint density at radius 2 is 1.77 bits per heavy atom. The van der Waals surface area contributed by atoms with Gasteiger partial charge in [-0.25, -0.2) is 0 Å². The second-order valence-electron chi connectivity index (χ2n) is 7.60. The van der Waals surface area contributed by atoms with Crippen LogP contribution in [0.4, 0.5) is 5.69 Å². The van der Waals surface area contributed by atoms with Gasteiger partial charge < -0.3 is 24.8 Å². The monoisotopic (exact) mass is 539 g/mol. The highest BCUT2D eigenvalue weighted by molar-refractivity contribution is 14.0. The van der Waals surface area contributed by atoms with Crippen molar-refractivity contribution in [2.45, 2.75) is 32.1 Å². The van der Waals surface area contributed by atoms with Crippen molar-refractivity contribution in [3.8, 4) is 11.5 Å². The van der Waals surface area contributed by atoms with Gasteiger partial charge in [0.05, 0.1) is 20.8 Å². The fraction of sp³-hybridized carbons (Fsp3) is 0.458. The van der Waals surface area contributed by atoms with Gasteiger partial charge in [0.25, 0.3) is 0 Å². The fourth-order valence-electron chi connectivity index (χ4n) is 4.03. The largest absolute Gasteiger partial charge is 0.493 e. The number of ether oxygens (including phenoxy) is 3. The summed E-state index contributed by atoms with van der Waals surface area (Å²) in [6.07, 6.45) is 1.94. The second kappa shape index (κ2) is 12.1. The zero-order chi connectivity index (χ0) is 21.4. The van der Waals surface area contributed by atoms with E-state index >= 15 is 0 Å². The average Bonchev–Trinajstić information content (AvgIpc) is 2.78.